The number of carboxylic acid groups (broad SMARTS) is 1. The van der Waals surface area contributed by atoms with E-state index in [0.717, 1.165) is 16.5 Å². The lowest BCUT2D eigenvalue weighted by Crippen LogP contribution is -2.52. The maximum Gasteiger partial charge on any atom is 0.494 e. The minimum atomic E-state index is -1.17. The highest BCUT2D eigenvalue weighted by molar-refractivity contribution is 6.62. The van der Waals surface area contributed by atoms with Crippen molar-refractivity contribution < 1.29 is 19.2 Å². The van der Waals surface area contributed by atoms with Crippen LogP contribution in [0.15, 0.2) is 24.5 Å². The third-order valence-electron chi connectivity index (χ3n) is 5.77. The Bertz CT molecular complexity index is 869. The van der Waals surface area contributed by atoms with Crippen LogP contribution < -0.4 is 10.6 Å². The van der Waals surface area contributed by atoms with Crippen LogP contribution in [0.1, 0.15) is 48.5 Å². The molecule has 2 heterocycles. The number of hydrogen-bond donors (Lipinski definition) is 0. The van der Waals surface area contributed by atoms with Gasteiger partial charge in [0.1, 0.15) is 6.09 Å². The molecular weight excluding hydrogens is 357 g/mol. The van der Waals surface area contributed by atoms with Crippen LogP contribution in [-0.4, -0.2) is 50.9 Å². The molecule has 7 nitrogen and oxygen atoms in total. The van der Waals surface area contributed by atoms with E-state index in [1.807, 2.05) is 71.2 Å². The van der Waals surface area contributed by atoms with Gasteiger partial charge in [-0.15, -0.1) is 0 Å². The molecule has 1 aromatic carbocycles. The van der Waals surface area contributed by atoms with E-state index in [9.17, 15) is 9.90 Å². The monoisotopic (exact) mass is 386 g/mol. The molecule has 152 valence electrons. The fourth-order valence-electron chi connectivity index (χ4n) is 3.29. The first-order chi connectivity index (χ1) is 12.8. The summed E-state index contributed by atoms with van der Waals surface area (Å²) in [6.45, 7) is 14.5. The van der Waals surface area contributed by atoms with Crippen molar-refractivity contribution in [2.45, 2.75) is 71.8 Å². The predicted octanol–water partition coefficient (Wildman–Crippen LogP) is 1.78. The second-order valence-corrected chi connectivity index (χ2v) is 9.36. The first-order valence-electron chi connectivity index (χ1n) is 9.61. The van der Waals surface area contributed by atoms with Crippen molar-refractivity contribution in [3.8, 4) is 0 Å². The van der Waals surface area contributed by atoms with Crippen LogP contribution in [0.5, 0.6) is 0 Å². The van der Waals surface area contributed by atoms with Crippen LogP contribution in [0, 0.1) is 0 Å². The summed E-state index contributed by atoms with van der Waals surface area (Å²) in [5.74, 6) is 0. The van der Waals surface area contributed by atoms with E-state index >= 15 is 0 Å². The maximum absolute atomic E-state index is 11.5. The molecule has 2 aromatic rings. The lowest BCUT2D eigenvalue weighted by Gasteiger charge is -2.38. The molecule has 0 aliphatic carbocycles. The van der Waals surface area contributed by atoms with E-state index < -0.39 is 30.0 Å². The Morgan fingerprint density at radius 3 is 2.36 bits per heavy atom. The third kappa shape index (κ3) is 3.75. The number of rotatable bonds is 4. The number of fused-ring (bicyclic) bond motifs is 1. The van der Waals surface area contributed by atoms with E-state index in [-0.39, 0.29) is 0 Å². The molecule has 0 bridgehead atoms. The van der Waals surface area contributed by atoms with Crippen LogP contribution in [-0.2, 0) is 15.9 Å². The Morgan fingerprint density at radius 2 is 1.82 bits per heavy atom. The van der Waals surface area contributed by atoms with Crippen LogP contribution in [0.2, 0.25) is 0 Å². The number of carbonyl (C=O) groups excluding carboxylic acids is 1. The number of amides is 1. The van der Waals surface area contributed by atoms with Gasteiger partial charge in [-0.05, 0) is 66.1 Å². The zero-order chi connectivity index (χ0) is 20.9. The largest absolute Gasteiger partial charge is 0.530 e. The van der Waals surface area contributed by atoms with Gasteiger partial charge in [-0.2, -0.15) is 0 Å². The van der Waals surface area contributed by atoms with Gasteiger partial charge in [-0.1, -0.05) is 6.07 Å². The van der Waals surface area contributed by atoms with Gasteiger partial charge in [0, 0.05) is 18.6 Å². The van der Waals surface area contributed by atoms with Gasteiger partial charge in [-0.3, -0.25) is 0 Å². The van der Waals surface area contributed by atoms with Crippen molar-refractivity contribution in [1.82, 2.24) is 14.5 Å². The maximum atomic E-state index is 11.5. The van der Waals surface area contributed by atoms with Crippen molar-refractivity contribution in [3.05, 3.63) is 24.5 Å². The zero-order valence-corrected chi connectivity index (χ0v) is 17.8. The molecular formula is C20H29BN3O4-. The van der Waals surface area contributed by atoms with Crippen molar-refractivity contribution in [2.24, 2.45) is 0 Å². The summed E-state index contributed by atoms with van der Waals surface area (Å²) in [5, 5.41) is 11.5. The van der Waals surface area contributed by atoms with E-state index in [0.29, 0.717) is 13.1 Å². The summed E-state index contributed by atoms with van der Waals surface area (Å²) in [6, 6.07) is 5.90. The minimum Gasteiger partial charge on any atom is -0.530 e. The van der Waals surface area contributed by atoms with Crippen LogP contribution in [0.25, 0.3) is 11.0 Å². The average Bonchev–Trinajstić information content (AvgIpc) is 3.03. The van der Waals surface area contributed by atoms with E-state index in [2.05, 4.69) is 4.98 Å². The minimum absolute atomic E-state index is 0.317. The molecule has 8 heteroatoms. The van der Waals surface area contributed by atoms with Crippen molar-refractivity contribution >= 4 is 29.7 Å². The van der Waals surface area contributed by atoms with Gasteiger partial charge in [-0.25, -0.2) is 4.98 Å². The number of aromatic nitrogens is 2. The molecule has 0 saturated carbocycles. The summed E-state index contributed by atoms with van der Waals surface area (Å²) in [6.07, 6.45) is 0.560. The Balaban J connectivity index is 1.85. The molecule has 1 saturated heterocycles. The summed E-state index contributed by atoms with van der Waals surface area (Å²) in [7, 11) is -0.452. The second-order valence-electron chi connectivity index (χ2n) is 9.36. The highest BCUT2D eigenvalue weighted by Crippen LogP contribution is 2.36. The number of carbonyl (C=O) groups is 1. The molecule has 0 radical (unpaired) electrons. The van der Waals surface area contributed by atoms with E-state index in [1.165, 1.54) is 4.90 Å². The quantitative estimate of drug-likeness (QED) is 0.749. The van der Waals surface area contributed by atoms with Gasteiger partial charge in [0.25, 0.3) is 0 Å². The number of benzene rings is 1. The molecule has 1 fully saturated rings. The SMILES string of the molecule is CC(C)(C)N(CCn1cnc2ccc(B3OC(C)(C)C(C)(C)O3)cc21)C(=O)[O-]. The lowest BCUT2D eigenvalue weighted by atomic mass is 9.79. The third-order valence-corrected chi connectivity index (χ3v) is 5.77. The van der Waals surface area contributed by atoms with Crippen molar-refractivity contribution in [3.63, 3.8) is 0 Å². The second kappa shape index (κ2) is 6.78. The van der Waals surface area contributed by atoms with Crippen LogP contribution in [0.4, 0.5) is 4.79 Å². The van der Waals surface area contributed by atoms with Crippen molar-refractivity contribution in [1.29, 1.82) is 0 Å². The Kier molecular flexibility index (Phi) is 5.00. The summed E-state index contributed by atoms with van der Waals surface area (Å²) in [4.78, 5) is 17.2. The summed E-state index contributed by atoms with van der Waals surface area (Å²) in [5.41, 5.74) is 1.34. The topological polar surface area (TPSA) is 79.7 Å². The molecule has 3 rings (SSSR count). The van der Waals surface area contributed by atoms with Gasteiger partial charge >= 0.3 is 7.12 Å². The molecule has 1 aromatic heterocycles. The zero-order valence-electron chi connectivity index (χ0n) is 17.8. The molecule has 1 amide bonds. The lowest BCUT2D eigenvalue weighted by molar-refractivity contribution is -0.270. The first kappa shape index (κ1) is 20.7. The van der Waals surface area contributed by atoms with Crippen molar-refractivity contribution in [2.75, 3.05) is 6.54 Å². The molecule has 28 heavy (non-hydrogen) atoms. The van der Waals surface area contributed by atoms with Crippen LogP contribution in [0.3, 0.4) is 0 Å². The van der Waals surface area contributed by atoms with Gasteiger partial charge in [0.15, 0.2) is 0 Å². The molecule has 0 N–H and O–H groups in total. The van der Waals surface area contributed by atoms with Gasteiger partial charge in [0.05, 0.1) is 28.6 Å². The highest BCUT2D eigenvalue weighted by Gasteiger charge is 2.51. The molecule has 0 atom stereocenters. The van der Waals surface area contributed by atoms with Crippen LogP contribution >= 0.6 is 0 Å². The van der Waals surface area contributed by atoms with E-state index in [1.54, 1.807) is 6.33 Å². The summed E-state index contributed by atoms with van der Waals surface area (Å²) < 4.78 is 14.2. The number of hydrogen-bond acceptors (Lipinski definition) is 5. The highest BCUT2D eigenvalue weighted by atomic mass is 16.7. The first-order valence-corrected chi connectivity index (χ1v) is 9.61. The molecule has 0 spiro atoms. The van der Waals surface area contributed by atoms with E-state index in [4.69, 9.17) is 9.31 Å². The average molecular weight is 386 g/mol. The predicted molar refractivity (Wildman–Crippen MR) is 107 cm³/mol. The molecule has 1 aliphatic heterocycles. The number of nitrogens with zero attached hydrogens (tertiary/aromatic N) is 3. The Morgan fingerprint density at radius 1 is 1.21 bits per heavy atom. The van der Waals surface area contributed by atoms with Gasteiger partial charge < -0.3 is 28.7 Å². The fourth-order valence-corrected chi connectivity index (χ4v) is 3.29. The Labute approximate surface area is 166 Å². The number of imidazole rings is 1. The normalized spacial score (nSPS) is 18.6. The fraction of sp³-hybridized carbons (Fsp3) is 0.600. The van der Waals surface area contributed by atoms with Gasteiger partial charge in [0.2, 0.25) is 0 Å². The summed E-state index contributed by atoms with van der Waals surface area (Å²) >= 11 is 0. The standard InChI is InChI=1S/C20H30BN3O4/c1-18(2,3)24(17(25)26)11-10-23-13-22-15-9-8-14(12-16(15)23)21-27-19(4,5)20(6,7)28-21/h8-9,12-13H,10-11H2,1-7H3,(H,25,26)/p-1. The molecule has 0 unspecified atom stereocenters. The Hall–Kier alpha value is -2.06. The smallest absolute Gasteiger partial charge is 0.494 e. The molecule has 1 aliphatic rings.